The number of anilines is 1. The maximum absolute atomic E-state index is 10.9. The van der Waals surface area contributed by atoms with Crippen LogP contribution in [-0.4, -0.2) is 29.1 Å². The number of carboxylic acid groups (broad SMARTS) is 1. The zero-order valence-corrected chi connectivity index (χ0v) is 10.6. The fraction of sp³-hybridized carbons (Fsp3) is 0.455. The Morgan fingerprint density at radius 1 is 1.69 bits per heavy atom. The summed E-state index contributed by atoms with van der Waals surface area (Å²) in [5.41, 5.74) is 1.11. The molecule has 1 unspecified atom stereocenters. The quantitative estimate of drug-likeness (QED) is 0.903. The van der Waals surface area contributed by atoms with Crippen LogP contribution in [0.15, 0.2) is 16.7 Å². The first-order valence-corrected chi connectivity index (χ1v) is 5.97. The smallest absolute Gasteiger partial charge is 0.308 e. The van der Waals surface area contributed by atoms with Gasteiger partial charge in [-0.25, -0.2) is 4.98 Å². The third-order valence-corrected chi connectivity index (χ3v) is 3.88. The minimum Gasteiger partial charge on any atom is -0.481 e. The molecule has 86 valence electrons. The Morgan fingerprint density at radius 2 is 2.44 bits per heavy atom. The Balaban J connectivity index is 2.21. The molecule has 4 nitrogen and oxygen atoms in total. The number of carboxylic acids is 1. The van der Waals surface area contributed by atoms with E-state index in [1.165, 1.54) is 0 Å². The van der Waals surface area contributed by atoms with E-state index in [-0.39, 0.29) is 5.92 Å². The molecule has 0 radical (unpaired) electrons. The number of aliphatic carboxylic acids is 1. The molecular formula is C11H13BrN2O2. The number of halogens is 1. The number of aromatic nitrogens is 1. The lowest BCUT2D eigenvalue weighted by Crippen LogP contribution is -2.23. The second kappa shape index (κ2) is 4.41. The first-order chi connectivity index (χ1) is 7.59. The topological polar surface area (TPSA) is 53.4 Å². The van der Waals surface area contributed by atoms with Crippen molar-refractivity contribution < 1.29 is 9.90 Å². The highest BCUT2D eigenvalue weighted by molar-refractivity contribution is 9.10. The third kappa shape index (κ3) is 2.04. The van der Waals surface area contributed by atoms with Gasteiger partial charge in [-0.1, -0.05) is 0 Å². The average Bonchev–Trinajstić information content (AvgIpc) is 2.71. The van der Waals surface area contributed by atoms with Crippen molar-refractivity contribution in [2.45, 2.75) is 13.3 Å². The molecule has 0 aliphatic carbocycles. The van der Waals surface area contributed by atoms with Crippen LogP contribution >= 0.6 is 15.9 Å². The minimum atomic E-state index is -0.716. The second-order valence-corrected chi connectivity index (χ2v) is 4.83. The molecule has 2 heterocycles. The normalized spacial score (nSPS) is 20.1. The third-order valence-electron chi connectivity index (χ3n) is 2.90. The molecule has 1 N–H and O–H groups in total. The maximum atomic E-state index is 10.9. The molecule has 0 aromatic carbocycles. The number of aryl methyl sites for hydroxylation is 1. The van der Waals surface area contributed by atoms with E-state index in [0.29, 0.717) is 13.0 Å². The number of pyridine rings is 1. The Morgan fingerprint density at radius 3 is 3.06 bits per heavy atom. The fourth-order valence-corrected chi connectivity index (χ4v) is 2.39. The van der Waals surface area contributed by atoms with E-state index in [2.05, 4.69) is 20.9 Å². The van der Waals surface area contributed by atoms with Gasteiger partial charge in [0.1, 0.15) is 5.82 Å². The molecular weight excluding hydrogens is 272 g/mol. The van der Waals surface area contributed by atoms with Crippen LogP contribution in [0.2, 0.25) is 0 Å². The summed E-state index contributed by atoms with van der Waals surface area (Å²) < 4.78 is 0.959. The molecule has 0 saturated carbocycles. The van der Waals surface area contributed by atoms with E-state index in [9.17, 15) is 4.79 Å². The van der Waals surface area contributed by atoms with Crippen molar-refractivity contribution in [2.75, 3.05) is 18.0 Å². The lowest BCUT2D eigenvalue weighted by atomic mass is 10.1. The molecule has 16 heavy (non-hydrogen) atoms. The monoisotopic (exact) mass is 284 g/mol. The highest BCUT2D eigenvalue weighted by Gasteiger charge is 2.29. The van der Waals surface area contributed by atoms with Crippen LogP contribution in [0.3, 0.4) is 0 Å². The molecule has 1 atom stereocenters. The van der Waals surface area contributed by atoms with Crippen molar-refractivity contribution in [3.05, 3.63) is 22.3 Å². The van der Waals surface area contributed by atoms with Crippen LogP contribution in [0.25, 0.3) is 0 Å². The van der Waals surface area contributed by atoms with E-state index in [1.807, 2.05) is 17.9 Å². The van der Waals surface area contributed by atoms with Gasteiger partial charge in [-0.3, -0.25) is 4.79 Å². The van der Waals surface area contributed by atoms with Gasteiger partial charge in [0.25, 0.3) is 0 Å². The van der Waals surface area contributed by atoms with Crippen molar-refractivity contribution >= 4 is 27.7 Å². The fourth-order valence-electron chi connectivity index (χ4n) is 1.90. The maximum Gasteiger partial charge on any atom is 0.308 e. The Kier molecular flexibility index (Phi) is 3.14. The van der Waals surface area contributed by atoms with Crippen LogP contribution in [-0.2, 0) is 4.79 Å². The summed E-state index contributed by atoms with van der Waals surface area (Å²) >= 11 is 3.50. The van der Waals surface area contributed by atoms with Crippen molar-refractivity contribution in [3.63, 3.8) is 0 Å². The van der Waals surface area contributed by atoms with E-state index >= 15 is 0 Å². The molecule has 1 aliphatic heterocycles. The first-order valence-electron chi connectivity index (χ1n) is 5.18. The number of hydrogen-bond donors (Lipinski definition) is 1. The van der Waals surface area contributed by atoms with Crippen molar-refractivity contribution in [1.82, 2.24) is 4.98 Å². The predicted molar refractivity (Wildman–Crippen MR) is 64.6 cm³/mol. The molecule has 0 amide bonds. The van der Waals surface area contributed by atoms with Crippen molar-refractivity contribution in [1.29, 1.82) is 0 Å². The lowest BCUT2D eigenvalue weighted by molar-refractivity contribution is -0.140. The summed E-state index contributed by atoms with van der Waals surface area (Å²) in [6.45, 7) is 3.30. The standard InChI is InChI=1S/C11H13BrN2O2/c1-7-2-4-13-10(9(7)12)14-5-3-8(6-14)11(15)16/h2,4,8H,3,5-6H2,1H3,(H,15,16). The SMILES string of the molecule is Cc1ccnc(N2CCC(C(=O)O)C2)c1Br. The van der Waals surface area contributed by atoms with Gasteiger partial charge in [0, 0.05) is 19.3 Å². The molecule has 0 spiro atoms. The summed E-state index contributed by atoms with van der Waals surface area (Å²) in [6, 6.07) is 1.93. The summed E-state index contributed by atoms with van der Waals surface area (Å²) in [5, 5.41) is 8.94. The summed E-state index contributed by atoms with van der Waals surface area (Å²) in [6.07, 6.45) is 2.45. The van der Waals surface area contributed by atoms with Crippen molar-refractivity contribution in [2.24, 2.45) is 5.92 Å². The lowest BCUT2D eigenvalue weighted by Gasteiger charge is -2.18. The largest absolute Gasteiger partial charge is 0.481 e. The van der Waals surface area contributed by atoms with Gasteiger partial charge in [-0.15, -0.1) is 0 Å². The van der Waals surface area contributed by atoms with Crippen molar-refractivity contribution in [3.8, 4) is 0 Å². The summed E-state index contributed by atoms with van der Waals surface area (Å²) in [5.74, 6) is -0.135. The van der Waals surface area contributed by atoms with Crippen LogP contribution in [0, 0.1) is 12.8 Å². The molecule has 1 fully saturated rings. The van der Waals surface area contributed by atoms with Crippen LogP contribution in [0.5, 0.6) is 0 Å². The number of hydrogen-bond acceptors (Lipinski definition) is 3. The molecule has 1 aliphatic rings. The zero-order chi connectivity index (χ0) is 11.7. The second-order valence-electron chi connectivity index (χ2n) is 4.04. The summed E-state index contributed by atoms with van der Waals surface area (Å²) in [7, 11) is 0. The number of nitrogens with zero attached hydrogens (tertiary/aromatic N) is 2. The predicted octanol–water partition coefficient (Wildman–Crippen LogP) is 2.06. The molecule has 5 heteroatoms. The Labute approximate surface area is 102 Å². The highest BCUT2D eigenvalue weighted by Crippen LogP contribution is 2.30. The van der Waals surface area contributed by atoms with Crippen LogP contribution < -0.4 is 4.90 Å². The highest BCUT2D eigenvalue weighted by atomic mass is 79.9. The zero-order valence-electron chi connectivity index (χ0n) is 8.98. The first kappa shape index (κ1) is 11.4. The Bertz CT molecular complexity index is 422. The molecule has 0 bridgehead atoms. The van der Waals surface area contributed by atoms with E-state index in [1.54, 1.807) is 6.20 Å². The van der Waals surface area contributed by atoms with E-state index in [4.69, 9.17) is 5.11 Å². The van der Waals surface area contributed by atoms with E-state index < -0.39 is 5.97 Å². The number of rotatable bonds is 2. The summed E-state index contributed by atoms with van der Waals surface area (Å²) in [4.78, 5) is 17.2. The molecule has 1 saturated heterocycles. The van der Waals surface area contributed by atoms with Gasteiger partial charge in [-0.2, -0.15) is 0 Å². The van der Waals surface area contributed by atoms with Crippen LogP contribution in [0.4, 0.5) is 5.82 Å². The van der Waals surface area contributed by atoms with Crippen LogP contribution in [0.1, 0.15) is 12.0 Å². The molecule has 2 rings (SSSR count). The van der Waals surface area contributed by atoms with Gasteiger partial charge >= 0.3 is 5.97 Å². The van der Waals surface area contributed by atoms with Gasteiger partial charge in [0.2, 0.25) is 0 Å². The van der Waals surface area contributed by atoms with Gasteiger partial charge in [0.15, 0.2) is 0 Å². The average molecular weight is 285 g/mol. The van der Waals surface area contributed by atoms with Gasteiger partial charge < -0.3 is 10.0 Å². The van der Waals surface area contributed by atoms with E-state index in [0.717, 1.165) is 22.4 Å². The van der Waals surface area contributed by atoms with Gasteiger partial charge in [-0.05, 0) is 40.9 Å². The number of carbonyl (C=O) groups is 1. The van der Waals surface area contributed by atoms with Gasteiger partial charge in [0.05, 0.1) is 10.4 Å². The Hall–Kier alpha value is -1.10. The minimum absolute atomic E-state index is 0.269. The molecule has 1 aromatic heterocycles. The molecule has 1 aromatic rings.